The van der Waals surface area contributed by atoms with Gasteiger partial charge in [-0.05, 0) is 18.2 Å². The number of carbonyl (C=O) groups is 1. The van der Waals surface area contributed by atoms with Crippen molar-refractivity contribution in [2.24, 2.45) is 11.7 Å². The van der Waals surface area contributed by atoms with Crippen molar-refractivity contribution in [1.82, 2.24) is 0 Å². The second-order valence-corrected chi connectivity index (χ2v) is 4.80. The van der Waals surface area contributed by atoms with Crippen LogP contribution in [0.4, 0.5) is 5.69 Å². The van der Waals surface area contributed by atoms with Crippen molar-refractivity contribution in [2.75, 3.05) is 11.5 Å². The Kier molecular flexibility index (Phi) is 4.29. The van der Waals surface area contributed by atoms with Crippen molar-refractivity contribution in [1.29, 1.82) is 0 Å². The molecule has 0 saturated carbocycles. The molecular weight excluding hydrogens is 232 g/mol. The van der Waals surface area contributed by atoms with Gasteiger partial charge in [0, 0.05) is 16.6 Å². The molecule has 1 aromatic carbocycles. The van der Waals surface area contributed by atoms with Gasteiger partial charge in [-0.2, -0.15) is 0 Å². The Balaban J connectivity index is 2.58. The number of thioether (sulfide) groups is 1. The molecule has 0 aliphatic carbocycles. The molecule has 0 saturated heterocycles. The molecule has 0 radical (unpaired) electrons. The standard InChI is InChI=1S/C10H13ClN2OS/c1-6(10(13)14)5-15-7-2-3-9(12)8(11)4-7/h2-4,6H,5,12H2,1H3,(H2,13,14). The summed E-state index contributed by atoms with van der Waals surface area (Å²) in [6, 6.07) is 5.41. The number of nitrogen functional groups attached to an aromatic ring is 1. The van der Waals surface area contributed by atoms with Gasteiger partial charge in [-0.1, -0.05) is 18.5 Å². The average molecular weight is 245 g/mol. The highest BCUT2D eigenvalue weighted by atomic mass is 35.5. The smallest absolute Gasteiger partial charge is 0.221 e. The van der Waals surface area contributed by atoms with E-state index < -0.39 is 0 Å². The van der Waals surface area contributed by atoms with Gasteiger partial charge in [-0.25, -0.2) is 0 Å². The summed E-state index contributed by atoms with van der Waals surface area (Å²) in [5, 5.41) is 0.534. The van der Waals surface area contributed by atoms with Gasteiger partial charge in [-0.3, -0.25) is 4.79 Å². The predicted molar refractivity (Wildman–Crippen MR) is 64.9 cm³/mol. The van der Waals surface area contributed by atoms with E-state index in [0.717, 1.165) is 4.90 Å². The van der Waals surface area contributed by atoms with E-state index in [2.05, 4.69) is 0 Å². The number of benzene rings is 1. The molecule has 4 N–H and O–H groups in total. The summed E-state index contributed by atoms with van der Waals surface area (Å²) in [5.74, 6) is 0.214. The lowest BCUT2D eigenvalue weighted by Crippen LogP contribution is -2.22. The Morgan fingerprint density at radius 2 is 2.27 bits per heavy atom. The number of anilines is 1. The normalized spacial score (nSPS) is 12.4. The number of nitrogens with two attached hydrogens (primary N) is 2. The van der Waals surface area contributed by atoms with Crippen molar-refractivity contribution < 1.29 is 4.79 Å². The molecule has 0 heterocycles. The van der Waals surface area contributed by atoms with Crippen LogP contribution in [0.25, 0.3) is 0 Å². The minimum Gasteiger partial charge on any atom is -0.398 e. The first kappa shape index (κ1) is 12.2. The first-order valence-electron chi connectivity index (χ1n) is 4.48. The minimum atomic E-state index is -0.288. The van der Waals surface area contributed by atoms with E-state index in [9.17, 15) is 4.79 Å². The van der Waals surface area contributed by atoms with Crippen molar-refractivity contribution in [3.63, 3.8) is 0 Å². The molecule has 1 rings (SSSR count). The molecule has 0 fully saturated rings. The molecule has 0 spiro atoms. The molecule has 0 aromatic heterocycles. The lowest BCUT2D eigenvalue weighted by Gasteiger charge is -2.07. The van der Waals surface area contributed by atoms with Gasteiger partial charge in [0.05, 0.1) is 10.7 Å². The quantitative estimate of drug-likeness (QED) is 0.630. The highest BCUT2D eigenvalue weighted by Crippen LogP contribution is 2.27. The molecule has 1 unspecified atom stereocenters. The van der Waals surface area contributed by atoms with Crippen LogP contribution >= 0.6 is 23.4 Å². The first-order valence-corrected chi connectivity index (χ1v) is 5.84. The number of hydrogen-bond donors (Lipinski definition) is 2. The number of amides is 1. The second kappa shape index (κ2) is 5.28. The third kappa shape index (κ3) is 3.64. The summed E-state index contributed by atoms with van der Waals surface area (Å²) in [5.41, 5.74) is 11.3. The molecule has 0 bridgehead atoms. The molecule has 3 nitrogen and oxygen atoms in total. The van der Waals surface area contributed by atoms with Gasteiger partial charge in [-0.15, -0.1) is 11.8 Å². The molecule has 0 aliphatic rings. The fourth-order valence-electron chi connectivity index (χ4n) is 0.901. The lowest BCUT2D eigenvalue weighted by atomic mass is 10.2. The highest BCUT2D eigenvalue weighted by Gasteiger charge is 2.09. The average Bonchev–Trinajstić information content (AvgIpc) is 2.19. The van der Waals surface area contributed by atoms with Crippen LogP contribution in [0.5, 0.6) is 0 Å². The molecule has 0 aliphatic heterocycles. The lowest BCUT2D eigenvalue weighted by molar-refractivity contribution is -0.120. The van der Waals surface area contributed by atoms with Crippen LogP contribution in [0.2, 0.25) is 5.02 Å². The van der Waals surface area contributed by atoms with Crippen LogP contribution in [0.3, 0.4) is 0 Å². The summed E-state index contributed by atoms with van der Waals surface area (Å²) >= 11 is 7.40. The Morgan fingerprint density at radius 1 is 1.60 bits per heavy atom. The third-order valence-electron chi connectivity index (χ3n) is 1.96. The van der Waals surface area contributed by atoms with Gasteiger partial charge in [0.1, 0.15) is 0 Å². The van der Waals surface area contributed by atoms with Crippen LogP contribution in [0, 0.1) is 5.92 Å². The van der Waals surface area contributed by atoms with Crippen molar-refractivity contribution >= 4 is 35.0 Å². The largest absolute Gasteiger partial charge is 0.398 e. The van der Waals surface area contributed by atoms with Crippen LogP contribution in [-0.4, -0.2) is 11.7 Å². The monoisotopic (exact) mass is 244 g/mol. The van der Waals surface area contributed by atoms with E-state index in [1.54, 1.807) is 19.1 Å². The molecule has 82 valence electrons. The summed E-state index contributed by atoms with van der Waals surface area (Å²) < 4.78 is 0. The Bertz CT molecular complexity index is 370. The summed E-state index contributed by atoms with van der Waals surface area (Å²) in [7, 11) is 0. The molecule has 1 aromatic rings. The van der Waals surface area contributed by atoms with E-state index in [1.165, 1.54) is 11.8 Å². The third-order valence-corrected chi connectivity index (χ3v) is 3.54. The number of carbonyl (C=O) groups excluding carboxylic acids is 1. The van der Waals surface area contributed by atoms with Crippen molar-refractivity contribution in [3.8, 4) is 0 Å². The maximum atomic E-state index is 10.8. The number of primary amides is 1. The van der Waals surface area contributed by atoms with Gasteiger partial charge >= 0.3 is 0 Å². The van der Waals surface area contributed by atoms with E-state index in [4.69, 9.17) is 23.1 Å². The maximum Gasteiger partial charge on any atom is 0.221 e. The summed E-state index contributed by atoms with van der Waals surface area (Å²) in [4.78, 5) is 11.8. The maximum absolute atomic E-state index is 10.8. The Morgan fingerprint density at radius 3 is 2.80 bits per heavy atom. The fourth-order valence-corrected chi connectivity index (χ4v) is 2.12. The Hall–Kier alpha value is -0.870. The second-order valence-electron chi connectivity index (χ2n) is 3.30. The van der Waals surface area contributed by atoms with Crippen LogP contribution in [0.1, 0.15) is 6.92 Å². The van der Waals surface area contributed by atoms with Crippen molar-refractivity contribution in [3.05, 3.63) is 23.2 Å². The summed E-state index contributed by atoms with van der Waals surface area (Å²) in [6.45, 7) is 1.80. The summed E-state index contributed by atoms with van der Waals surface area (Å²) in [6.07, 6.45) is 0. The van der Waals surface area contributed by atoms with Crippen molar-refractivity contribution in [2.45, 2.75) is 11.8 Å². The van der Waals surface area contributed by atoms with Crippen LogP contribution in [0.15, 0.2) is 23.1 Å². The van der Waals surface area contributed by atoms with E-state index in [-0.39, 0.29) is 11.8 Å². The van der Waals surface area contributed by atoms with E-state index in [1.807, 2.05) is 6.07 Å². The molecule has 1 atom stereocenters. The number of halogens is 1. The first-order chi connectivity index (χ1) is 7.00. The topological polar surface area (TPSA) is 69.1 Å². The van der Waals surface area contributed by atoms with Gasteiger partial charge in [0.15, 0.2) is 0 Å². The Labute approximate surface area is 98.2 Å². The molecule has 1 amide bonds. The molecule has 5 heteroatoms. The molecular formula is C10H13ClN2OS. The predicted octanol–water partition coefficient (Wildman–Crippen LogP) is 2.14. The zero-order chi connectivity index (χ0) is 11.4. The van der Waals surface area contributed by atoms with Crippen LogP contribution in [-0.2, 0) is 4.79 Å². The minimum absolute atomic E-state index is 0.147. The zero-order valence-corrected chi connectivity index (χ0v) is 9.94. The highest BCUT2D eigenvalue weighted by molar-refractivity contribution is 7.99. The van der Waals surface area contributed by atoms with E-state index in [0.29, 0.717) is 16.5 Å². The van der Waals surface area contributed by atoms with Gasteiger partial charge in [0.25, 0.3) is 0 Å². The fraction of sp³-hybridized carbons (Fsp3) is 0.300. The number of rotatable bonds is 4. The van der Waals surface area contributed by atoms with Gasteiger partial charge in [0.2, 0.25) is 5.91 Å². The number of hydrogen-bond acceptors (Lipinski definition) is 3. The molecule has 15 heavy (non-hydrogen) atoms. The zero-order valence-electron chi connectivity index (χ0n) is 8.37. The van der Waals surface area contributed by atoms with Crippen LogP contribution < -0.4 is 11.5 Å². The SMILES string of the molecule is CC(CSc1ccc(N)c(Cl)c1)C(N)=O. The van der Waals surface area contributed by atoms with E-state index >= 15 is 0 Å². The van der Waals surface area contributed by atoms with Gasteiger partial charge < -0.3 is 11.5 Å².